The molecule has 5 aliphatic rings. The predicted molar refractivity (Wildman–Crippen MR) is 431 cm³/mol. The summed E-state index contributed by atoms with van der Waals surface area (Å²) in [4.78, 5) is 11.1. The molecule has 5 aromatic heterocycles. The van der Waals surface area contributed by atoms with Crippen LogP contribution in [0, 0.1) is 27.6 Å². The smallest absolute Gasteiger partial charge is 0.293 e. The van der Waals surface area contributed by atoms with E-state index in [0.717, 1.165) is 34.4 Å². The highest BCUT2D eigenvalue weighted by molar-refractivity contribution is 6.79. The number of hydrogen-bond donors (Lipinski definition) is 0. The zero-order valence-corrected chi connectivity index (χ0v) is 60.8. The van der Waals surface area contributed by atoms with Crippen LogP contribution in [-0.4, -0.2) is 34.2 Å². The van der Waals surface area contributed by atoms with Gasteiger partial charge < -0.3 is 0 Å². The third-order valence-corrected chi connectivity index (χ3v) is 19.8. The Morgan fingerprint density at radius 3 is 1.01 bits per heavy atom. The molecule has 0 bridgehead atoms. The molecule has 0 N–H and O–H groups in total. The number of hydrogen-bond acceptors (Lipinski definition) is 5. The fourth-order valence-electron chi connectivity index (χ4n) is 13.7. The third-order valence-electron chi connectivity index (χ3n) is 19.8. The van der Waals surface area contributed by atoms with Crippen molar-refractivity contribution >= 4 is 121 Å². The first-order valence-electron chi connectivity index (χ1n) is 40.1. The summed E-state index contributed by atoms with van der Waals surface area (Å²) in [5.74, 6) is 2.88. The molecular weight excluding hydrogens is 1220 g/mol. The monoisotopic (exact) mass is 1330 g/mol. The lowest BCUT2D eigenvalue weighted by molar-refractivity contribution is -0.658. The van der Waals surface area contributed by atoms with E-state index in [2.05, 4.69) is 259 Å². The Labute approximate surface area is 615 Å². The van der Waals surface area contributed by atoms with Crippen molar-refractivity contribution in [3.8, 4) is 0 Å². The van der Waals surface area contributed by atoms with Gasteiger partial charge in [0.2, 0.25) is 0 Å². The topological polar surface area (TPSA) is 35.6 Å². The van der Waals surface area contributed by atoms with Crippen LogP contribution >= 0.6 is 0 Å². The van der Waals surface area contributed by atoms with Gasteiger partial charge in [0.15, 0.2) is 0 Å². The average Bonchev–Trinajstić information content (AvgIpc) is 0.784. The average molecular weight is 1330 g/mol. The molecular formula is C85H100B5N10+5. The van der Waals surface area contributed by atoms with Gasteiger partial charge in [0.1, 0.15) is 0 Å². The second kappa shape index (κ2) is 31.4. The van der Waals surface area contributed by atoms with E-state index in [9.17, 15) is 0 Å². The molecule has 15 rings (SSSR count). The standard InChI is InChI=1S/2C18H22BN2.C17H20BN2.2C16H18BN2/c2*1-14(2)16-9-11-20(4)18(13-16)21-12-10-15-7-5-6-8-17(15)19(21)3;1-13-11-17(19(4)12-14(13)2)20-10-9-15-7-5-6-8-16(15)18(20)3;1-13-8-10-18(3)16(12-13)19-11-9-14-6-4-5-7-15(14)17(19)2;1-13-8-9-16(18(3)12-13)19-11-10-14-6-4-5-7-15(14)17(19)2/h2*5-14H,1-4H3;5-12H,1-4H3;2*4-12H,1-3H3/q5*+1/i1D3,14D;14D;2D3;;1D3. The van der Waals surface area contributed by atoms with E-state index in [4.69, 9.17) is 15.1 Å². The Kier molecular flexibility index (Phi) is 18.1. The SMILES string of the molecule is CB1c2ccccc2C=CN1c1cc(C)cc[n+]1C.[2H]C(C)(C)c1cc[n+](C)c(N2C=Cc3ccccc3B2C)c1.[2H]C([2H])([2H])C([2H])(C)c1cc[n+](C)c(N2C=Cc3ccccc3B2C)c1.[2H]C([2H])([2H])c1c[n+](C)c(N2C=Cc3ccccc3B2C)cc1C.[2H]C([2H])([2H])c1ccc(N2C=Cc3ccccc3B2C)[n+](C)c1. The van der Waals surface area contributed by atoms with Crippen molar-refractivity contribution in [2.75, 3.05) is 24.1 Å². The summed E-state index contributed by atoms with van der Waals surface area (Å²) in [5, 5.41) is 0. The summed E-state index contributed by atoms with van der Waals surface area (Å²) in [6, 6.07) is 59.6. The summed E-state index contributed by atoms with van der Waals surface area (Å²) in [6.45, 7) is 14.8. The second-order valence-electron chi connectivity index (χ2n) is 26.9. The lowest BCUT2D eigenvalue weighted by Gasteiger charge is -2.24. The van der Waals surface area contributed by atoms with Crippen molar-refractivity contribution in [2.24, 2.45) is 35.2 Å². The summed E-state index contributed by atoms with van der Waals surface area (Å²) >= 11 is 0. The van der Waals surface area contributed by atoms with E-state index < -0.39 is 32.3 Å². The zero-order valence-electron chi connectivity index (χ0n) is 71.8. The van der Waals surface area contributed by atoms with Crippen LogP contribution in [0.3, 0.4) is 0 Å². The molecule has 5 aliphatic heterocycles. The van der Waals surface area contributed by atoms with Crippen LogP contribution < -0.4 is 74.2 Å². The summed E-state index contributed by atoms with van der Waals surface area (Å²) in [6.07, 6.45) is 30.5. The van der Waals surface area contributed by atoms with Gasteiger partial charge in [-0.05, 0) is 217 Å². The molecule has 500 valence electrons. The Balaban J connectivity index is 0.000000138. The maximum absolute atomic E-state index is 8.36. The molecule has 15 heteroatoms. The fourth-order valence-corrected chi connectivity index (χ4v) is 13.7. The molecule has 0 fully saturated rings. The number of pyridine rings is 5. The Morgan fingerprint density at radius 2 is 0.660 bits per heavy atom. The van der Waals surface area contributed by atoms with Crippen LogP contribution in [-0.2, 0) is 35.2 Å². The van der Waals surface area contributed by atoms with E-state index in [1.54, 1.807) is 24.5 Å². The van der Waals surface area contributed by atoms with Gasteiger partial charge in [-0.15, -0.1) is 0 Å². The van der Waals surface area contributed by atoms with Crippen LogP contribution in [0.15, 0.2) is 238 Å². The maximum Gasteiger partial charge on any atom is 0.409 e. The second-order valence-corrected chi connectivity index (χ2v) is 26.9. The summed E-state index contributed by atoms with van der Waals surface area (Å²) in [7, 11) is 9.85. The van der Waals surface area contributed by atoms with Crippen molar-refractivity contribution in [3.63, 3.8) is 0 Å². The molecule has 0 aliphatic carbocycles. The van der Waals surface area contributed by atoms with Crippen molar-refractivity contribution in [1.82, 2.24) is 0 Å². The fraction of sp³-hybridized carbons (Fsp3) is 0.235. The van der Waals surface area contributed by atoms with Crippen LogP contribution in [0.2, 0.25) is 34.1 Å². The van der Waals surface area contributed by atoms with Gasteiger partial charge in [-0.2, -0.15) is 0 Å². The highest BCUT2D eigenvalue weighted by Gasteiger charge is 2.38. The van der Waals surface area contributed by atoms with Gasteiger partial charge in [0, 0.05) is 45.4 Å². The van der Waals surface area contributed by atoms with Crippen molar-refractivity contribution < 1.29 is 37.9 Å². The molecule has 0 saturated heterocycles. The highest BCUT2D eigenvalue weighted by Crippen LogP contribution is 2.27. The van der Waals surface area contributed by atoms with Crippen LogP contribution in [0.25, 0.3) is 30.4 Å². The maximum atomic E-state index is 8.36. The minimum Gasteiger partial charge on any atom is -0.293 e. The van der Waals surface area contributed by atoms with Gasteiger partial charge in [0.05, 0.1) is 97.2 Å². The quantitative estimate of drug-likeness (QED) is 0.117. The van der Waals surface area contributed by atoms with Gasteiger partial charge in [0.25, 0.3) is 29.1 Å². The summed E-state index contributed by atoms with van der Waals surface area (Å²) < 4.78 is 95.2. The lowest BCUT2D eigenvalue weighted by atomic mass is 9.54. The molecule has 10 heterocycles. The van der Waals surface area contributed by atoms with Crippen LogP contribution in [0.5, 0.6) is 0 Å². The molecule has 1 unspecified atom stereocenters. The van der Waals surface area contributed by atoms with Gasteiger partial charge >= 0.3 is 34.2 Å². The summed E-state index contributed by atoms with van der Waals surface area (Å²) in [5.41, 5.74) is 17.1. The van der Waals surface area contributed by atoms with Crippen molar-refractivity contribution in [2.45, 2.75) is 101 Å². The number of rotatable bonds is 7. The first kappa shape index (κ1) is 57.7. The number of fused-ring (bicyclic) bond motifs is 5. The normalized spacial score (nSPS) is 16.4. The van der Waals surface area contributed by atoms with Crippen molar-refractivity contribution in [3.05, 3.63) is 299 Å². The Bertz CT molecular complexity index is 5230. The van der Waals surface area contributed by atoms with E-state index in [1.807, 2.05) is 129 Å². The molecule has 10 aromatic rings. The number of anilines is 5. The van der Waals surface area contributed by atoms with E-state index >= 15 is 0 Å². The molecule has 0 radical (unpaired) electrons. The first-order valence-corrected chi connectivity index (χ1v) is 34.6. The third kappa shape index (κ3) is 15.6. The molecule has 0 amide bonds. The Hall–Kier alpha value is -10.1. The molecule has 5 aromatic carbocycles. The van der Waals surface area contributed by atoms with E-state index in [1.165, 1.54) is 73.4 Å². The number of aryl methyl sites for hydroxylation is 9. The minimum atomic E-state index is -2.39. The van der Waals surface area contributed by atoms with E-state index in [0.29, 0.717) is 23.5 Å². The van der Waals surface area contributed by atoms with Crippen LogP contribution in [0.4, 0.5) is 29.1 Å². The van der Waals surface area contributed by atoms with Gasteiger partial charge in [-0.1, -0.05) is 149 Å². The molecule has 0 saturated carbocycles. The number of nitrogens with zero attached hydrogens (tertiary/aromatic N) is 10. The number of aromatic nitrogens is 5. The van der Waals surface area contributed by atoms with Crippen LogP contribution in [0.1, 0.15) is 116 Å². The molecule has 10 nitrogen and oxygen atoms in total. The van der Waals surface area contributed by atoms with Gasteiger partial charge in [-0.25, -0.2) is 22.8 Å². The zero-order chi connectivity index (χ0) is 80.4. The predicted octanol–water partition coefficient (Wildman–Crippen LogP) is 12.6. The number of benzene rings is 5. The molecule has 0 spiro atoms. The highest BCUT2D eigenvalue weighted by atomic mass is 15.2. The Morgan fingerprint density at radius 1 is 0.330 bits per heavy atom. The van der Waals surface area contributed by atoms with E-state index in [-0.39, 0.29) is 27.4 Å². The first-order chi connectivity index (χ1) is 52.3. The molecule has 100 heavy (non-hydrogen) atoms. The van der Waals surface area contributed by atoms with Gasteiger partial charge in [-0.3, -0.25) is 24.1 Å². The molecule has 1 atom stereocenters. The largest absolute Gasteiger partial charge is 0.409 e. The minimum absolute atomic E-state index is 0.118. The lowest BCUT2D eigenvalue weighted by Crippen LogP contribution is -2.51. The van der Waals surface area contributed by atoms with Crippen molar-refractivity contribution in [1.29, 1.82) is 0 Å².